The van der Waals surface area contributed by atoms with Crippen molar-refractivity contribution in [3.63, 3.8) is 0 Å². The third-order valence-corrected chi connectivity index (χ3v) is 4.13. The fourth-order valence-corrected chi connectivity index (χ4v) is 3.01. The van der Waals surface area contributed by atoms with Crippen LogP contribution in [0.25, 0.3) is 0 Å². The van der Waals surface area contributed by atoms with Crippen molar-refractivity contribution < 1.29 is 22.7 Å². The fraction of sp³-hybridized carbons (Fsp3) is 0.923. The first-order chi connectivity index (χ1) is 8.98. The highest BCUT2D eigenvalue weighted by molar-refractivity contribution is 5.74. The van der Waals surface area contributed by atoms with E-state index in [1.165, 1.54) is 0 Å². The van der Waals surface area contributed by atoms with Crippen LogP contribution in [0.5, 0.6) is 0 Å². The Hall–Kier alpha value is -0.780. The van der Waals surface area contributed by atoms with E-state index in [2.05, 4.69) is 5.32 Å². The molecule has 0 spiro atoms. The van der Waals surface area contributed by atoms with Crippen LogP contribution in [0.3, 0.4) is 0 Å². The third kappa shape index (κ3) is 3.84. The molecule has 3 nitrogen and oxygen atoms in total. The topological polar surface area (TPSA) is 38.3 Å². The van der Waals surface area contributed by atoms with Crippen molar-refractivity contribution in [3.05, 3.63) is 0 Å². The Balaban J connectivity index is 1.78. The van der Waals surface area contributed by atoms with Crippen LogP contribution in [0.15, 0.2) is 0 Å². The minimum Gasteiger partial charge on any atom is -0.465 e. The van der Waals surface area contributed by atoms with Crippen molar-refractivity contribution in [2.24, 2.45) is 11.8 Å². The van der Waals surface area contributed by atoms with E-state index < -0.39 is 18.1 Å². The van der Waals surface area contributed by atoms with E-state index in [1.54, 1.807) is 0 Å². The number of alkyl halides is 3. The van der Waals surface area contributed by atoms with Gasteiger partial charge in [0.15, 0.2) is 0 Å². The maximum absolute atomic E-state index is 12.9. The van der Waals surface area contributed by atoms with Crippen LogP contribution in [0.1, 0.15) is 38.5 Å². The van der Waals surface area contributed by atoms with Gasteiger partial charge in [-0.25, -0.2) is 0 Å². The summed E-state index contributed by atoms with van der Waals surface area (Å²) in [7, 11) is 0. The van der Waals surface area contributed by atoms with Gasteiger partial charge in [-0.3, -0.25) is 4.79 Å². The molecule has 110 valence electrons. The lowest BCUT2D eigenvalue weighted by Gasteiger charge is -2.33. The number of ether oxygens (including phenoxy) is 1. The number of nitrogens with one attached hydrogen (secondary N) is 1. The van der Waals surface area contributed by atoms with Gasteiger partial charge >= 0.3 is 12.1 Å². The molecule has 0 bridgehead atoms. The zero-order valence-electron chi connectivity index (χ0n) is 10.8. The summed E-state index contributed by atoms with van der Waals surface area (Å²) in [5, 5.41) is 3.00. The highest BCUT2D eigenvalue weighted by Crippen LogP contribution is 2.37. The Morgan fingerprint density at radius 1 is 1.21 bits per heavy atom. The third-order valence-electron chi connectivity index (χ3n) is 4.13. The monoisotopic (exact) mass is 279 g/mol. The molecule has 6 heteroatoms. The number of rotatable bonds is 4. The fourth-order valence-electron chi connectivity index (χ4n) is 3.01. The number of hydrogen-bond acceptors (Lipinski definition) is 3. The number of halogens is 3. The van der Waals surface area contributed by atoms with Gasteiger partial charge in [-0.05, 0) is 32.2 Å². The first kappa shape index (κ1) is 14.6. The van der Waals surface area contributed by atoms with E-state index in [1.807, 2.05) is 0 Å². The second kappa shape index (κ2) is 6.11. The summed E-state index contributed by atoms with van der Waals surface area (Å²) in [4.78, 5) is 11.3. The van der Waals surface area contributed by atoms with Gasteiger partial charge in [0.05, 0.1) is 18.4 Å². The van der Waals surface area contributed by atoms with Crippen LogP contribution in [-0.2, 0) is 9.53 Å². The van der Waals surface area contributed by atoms with Gasteiger partial charge < -0.3 is 10.1 Å². The molecule has 2 rings (SSSR count). The molecule has 0 aromatic rings. The minimum atomic E-state index is -4.12. The molecule has 1 saturated carbocycles. The maximum Gasteiger partial charge on any atom is 0.393 e. The van der Waals surface area contributed by atoms with E-state index in [4.69, 9.17) is 4.74 Å². The van der Waals surface area contributed by atoms with Crippen LogP contribution >= 0.6 is 0 Å². The zero-order chi connectivity index (χ0) is 13.9. The van der Waals surface area contributed by atoms with Crippen molar-refractivity contribution in [2.75, 3.05) is 13.2 Å². The van der Waals surface area contributed by atoms with Gasteiger partial charge in [-0.15, -0.1) is 0 Å². The summed E-state index contributed by atoms with van der Waals surface area (Å²) in [6.07, 6.45) is -0.586. The van der Waals surface area contributed by atoms with Crippen LogP contribution < -0.4 is 5.32 Å². The maximum atomic E-state index is 12.9. The predicted octanol–water partition coefficient (Wildman–Crippen LogP) is 2.65. The smallest absolute Gasteiger partial charge is 0.393 e. The lowest BCUT2D eigenvalue weighted by Crippen LogP contribution is -2.46. The van der Waals surface area contributed by atoms with Gasteiger partial charge in [-0.2, -0.15) is 13.2 Å². The summed E-state index contributed by atoms with van der Waals surface area (Å²) in [5.41, 5.74) is 0. The summed E-state index contributed by atoms with van der Waals surface area (Å²) in [6.45, 7) is 0.898. The molecule has 2 aliphatic rings. The number of hydrogen-bond donors (Lipinski definition) is 1. The van der Waals surface area contributed by atoms with Gasteiger partial charge in [0.2, 0.25) is 0 Å². The molecule has 1 saturated heterocycles. The molecular weight excluding hydrogens is 259 g/mol. The molecule has 1 aliphatic heterocycles. The Morgan fingerprint density at radius 2 is 1.95 bits per heavy atom. The molecule has 3 atom stereocenters. The Morgan fingerprint density at radius 3 is 2.58 bits per heavy atom. The Labute approximate surface area is 110 Å². The van der Waals surface area contributed by atoms with Gasteiger partial charge in [0.25, 0.3) is 0 Å². The van der Waals surface area contributed by atoms with Gasteiger partial charge in [0.1, 0.15) is 0 Å². The van der Waals surface area contributed by atoms with E-state index in [9.17, 15) is 18.0 Å². The molecule has 0 aromatic carbocycles. The number of carbonyl (C=O) groups excluding carboxylic acids is 1. The molecule has 0 unspecified atom stereocenters. The van der Waals surface area contributed by atoms with Crippen molar-refractivity contribution in [3.8, 4) is 0 Å². The second-order valence-corrected chi connectivity index (χ2v) is 5.43. The van der Waals surface area contributed by atoms with E-state index in [-0.39, 0.29) is 18.3 Å². The molecule has 0 radical (unpaired) electrons. The van der Waals surface area contributed by atoms with E-state index in [0.717, 1.165) is 6.42 Å². The second-order valence-electron chi connectivity index (χ2n) is 5.43. The van der Waals surface area contributed by atoms with Crippen molar-refractivity contribution in [1.29, 1.82) is 0 Å². The van der Waals surface area contributed by atoms with Gasteiger partial charge in [-0.1, -0.05) is 12.8 Å². The summed E-state index contributed by atoms with van der Waals surface area (Å²) >= 11 is 0. The largest absolute Gasteiger partial charge is 0.465 e. The lowest BCUT2D eigenvalue weighted by atomic mass is 9.84. The van der Waals surface area contributed by atoms with Crippen LogP contribution in [0, 0.1) is 11.8 Å². The molecule has 2 fully saturated rings. The average Bonchev–Trinajstić information content (AvgIpc) is 2.75. The summed E-state index contributed by atoms with van der Waals surface area (Å²) < 4.78 is 43.4. The van der Waals surface area contributed by atoms with E-state index >= 15 is 0 Å². The molecule has 0 amide bonds. The average molecular weight is 279 g/mol. The number of cyclic esters (lactones) is 1. The zero-order valence-corrected chi connectivity index (χ0v) is 10.8. The van der Waals surface area contributed by atoms with Crippen molar-refractivity contribution in [1.82, 2.24) is 5.32 Å². The minimum absolute atomic E-state index is 0.138. The SMILES string of the molecule is O=C1OCC[C@@H]1CCN[C@@H]1CCCC[C@@H]1C(F)(F)F. The van der Waals surface area contributed by atoms with E-state index in [0.29, 0.717) is 38.8 Å². The Kier molecular flexibility index (Phi) is 4.71. The van der Waals surface area contributed by atoms with Crippen LogP contribution in [0.2, 0.25) is 0 Å². The van der Waals surface area contributed by atoms with Crippen molar-refractivity contribution >= 4 is 5.97 Å². The number of carbonyl (C=O) groups is 1. The molecule has 1 heterocycles. The quantitative estimate of drug-likeness (QED) is 0.804. The lowest BCUT2D eigenvalue weighted by molar-refractivity contribution is -0.189. The summed E-state index contributed by atoms with van der Waals surface area (Å²) in [5.74, 6) is -1.59. The Bertz CT molecular complexity index is 320. The van der Waals surface area contributed by atoms with Crippen LogP contribution in [-0.4, -0.2) is 31.3 Å². The highest BCUT2D eigenvalue weighted by Gasteiger charge is 2.45. The first-order valence-electron chi connectivity index (χ1n) is 6.95. The molecule has 1 N–H and O–H groups in total. The summed E-state index contributed by atoms with van der Waals surface area (Å²) in [6, 6.07) is -0.494. The standard InChI is InChI=1S/C13H20F3NO2/c14-13(15,16)10-3-1-2-4-11(10)17-7-5-9-6-8-19-12(9)18/h9-11,17H,1-8H2/t9-,10-,11+/m0/s1. The predicted molar refractivity (Wildman–Crippen MR) is 63.5 cm³/mol. The van der Waals surface area contributed by atoms with Crippen LogP contribution in [0.4, 0.5) is 13.2 Å². The first-order valence-corrected chi connectivity index (χ1v) is 6.95. The highest BCUT2D eigenvalue weighted by atomic mass is 19.4. The number of esters is 1. The van der Waals surface area contributed by atoms with Crippen molar-refractivity contribution in [2.45, 2.75) is 50.7 Å². The molecule has 1 aliphatic carbocycles. The molecular formula is C13H20F3NO2. The van der Waals surface area contributed by atoms with Gasteiger partial charge in [0, 0.05) is 6.04 Å². The molecule has 19 heavy (non-hydrogen) atoms. The molecule has 0 aromatic heterocycles. The normalized spacial score (nSPS) is 32.4.